The minimum Gasteiger partial charge on any atom is -0.490 e. The number of hydrogen-bond donors (Lipinski definition) is 1. The zero-order valence-electron chi connectivity index (χ0n) is 20.8. The monoisotopic (exact) mass is 516 g/mol. The molecule has 6 rings (SSSR count). The van der Waals surface area contributed by atoms with Crippen LogP contribution < -0.4 is 10.1 Å². The molecule has 0 unspecified atom stereocenters. The van der Waals surface area contributed by atoms with E-state index in [1.54, 1.807) is 0 Å². The molecule has 0 amide bonds. The Morgan fingerprint density at radius 1 is 1.14 bits per heavy atom. The topological polar surface area (TPSA) is 67.6 Å². The quantitative estimate of drug-likeness (QED) is 0.414. The van der Waals surface area contributed by atoms with Gasteiger partial charge in [0, 0.05) is 24.2 Å². The molecule has 7 nitrogen and oxygen atoms in total. The maximum absolute atomic E-state index is 15.5. The van der Waals surface area contributed by atoms with Gasteiger partial charge in [0.2, 0.25) is 0 Å². The van der Waals surface area contributed by atoms with Crippen molar-refractivity contribution >= 4 is 23.2 Å². The Balaban J connectivity index is 1.27. The summed E-state index contributed by atoms with van der Waals surface area (Å²) in [6.45, 7) is 2.06. The first-order valence-electron chi connectivity index (χ1n) is 12.7. The average molecular weight is 517 g/mol. The van der Waals surface area contributed by atoms with Gasteiger partial charge >= 0.3 is 0 Å². The van der Waals surface area contributed by atoms with Gasteiger partial charge in [-0.1, -0.05) is 18.0 Å². The normalized spacial score (nSPS) is 26.5. The second-order valence-corrected chi connectivity index (χ2v) is 11.5. The lowest BCUT2D eigenvalue weighted by Crippen LogP contribution is -2.57. The van der Waals surface area contributed by atoms with Crippen molar-refractivity contribution < 1.29 is 13.5 Å². The van der Waals surface area contributed by atoms with Crippen LogP contribution in [0.15, 0.2) is 18.5 Å². The molecule has 10 heteroatoms. The van der Waals surface area contributed by atoms with E-state index in [0.29, 0.717) is 23.2 Å². The third-order valence-corrected chi connectivity index (χ3v) is 8.83. The highest BCUT2D eigenvalue weighted by Gasteiger charge is 2.54. The zero-order chi connectivity index (χ0) is 25.2. The highest BCUT2D eigenvalue weighted by Crippen LogP contribution is 2.57. The van der Waals surface area contributed by atoms with Crippen LogP contribution in [0, 0.1) is 23.0 Å². The summed E-state index contributed by atoms with van der Waals surface area (Å²) in [5.41, 5.74) is 0.216. The van der Waals surface area contributed by atoms with Crippen molar-refractivity contribution in [2.24, 2.45) is 11.3 Å². The Morgan fingerprint density at radius 3 is 2.44 bits per heavy atom. The van der Waals surface area contributed by atoms with E-state index in [1.807, 2.05) is 0 Å². The van der Waals surface area contributed by atoms with Crippen LogP contribution in [-0.4, -0.2) is 56.8 Å². The van der Waals surface area contributed by atoms with Crippen LogP contribution >= 0.6 is 11.6 Å². The first-order valence-corrected chi connectivity index (χ1v) is 13.1. The highest BCUT2D eigenvalue weighted by atomic mass is 35.5. The van der Waals surface area contributed by atoms with Crippen LogP contribution in [-0.2, 0) is 0 Å². The van der Waals surface area contributed by atoms with Crippen molar-refractivity contribution in [1.82, 2.24) is 24.5 Å². The van der Waals surface area contributed by atoms with Crippen molar-refractivity contribution in [1.29, 1.82) is 0 Å². The van der Waals surface area contributed by atoms with Crippen LogP contribution in [0.2, 0.25) is 5.15 Å². The lowest BCUT2D eigenvalue weighted by atomic mass is 9.52. The molecule has 3 saturated carbocycles. The number of aromatic nitrogens is 4. The molecule has 3 aliphatic rings. The smallest absolute Gasteiger partial charge is 0.255 e. The van der Waals surface area contributed by atoms with E-state index in [1.165, 1.54) is 29.4 Å². The number of benzene rings is 1. The SMILES string of the molecule is C[C@@H](Nc1c(-c2c(F)cc(OC3CC4(C3)CC(N(C)C)C4)cc2F)c(Cl)nc2ncnn12)C1CCC1. The van der Waals surface area contributed by atoms with Gasteiger partial charge in [-0.2, -0.15) is 19.6 Å². The summed E-state index contributed by atoms with van der Waals surface area (Å²) >= 11 is 6.50. The largest absolute Gasteiger partial charge is 0.490 e. The molecule has 0 saturated heterocycles. The number of ether oxygens (including phenoxy) is 1. The van der Waals surface area contributed by atoms with Gasteiger partial charge < -0.3 is 15.0 Å². The average Bonchev–Trinajstić information content (AvgIpc) is 3.16. The maximum atomic E-state index is 15.5. The zero-order valence-corrected chi connectivity index (χ0v) is 21.5. The fraction of sp³-hybridized carbons (Fsp3) is 0.577. The van der Waals surface area contributed by atoms with Gasteiger partial charge in [0.05, 0.1) is 17.2 Å². The van der Waals surface area contributed by atoms with Crippen LogP contribution in [0.1, 0.15) is 51.9 Å². The molecule has 2 heterocycles. The minimum atomic E-state index is -0.752. The van der Waals surface area contributed by atoms with Gasteiger partial charge in [-0.15, -0.1) is 0 Å². The second kappa shape index (κ2) is 8.80. The van der Waals surface area contributed by atoms with Gasteiger partial charge in [-0.3, -0.25) is 0 Å². The molecule has 0 bridgehead atoms. The Labute approximate surface area is 214 Å². The predicted octanol–water partition coefficient (Wildman–Crippen LogP) is 5.58. The van der Waals surface area contributed by atoms with Crippen molar-refractivity contribution in [3.63, 3.8) is 0 Å². The van der Waals surface area contributed by atoms with Crippen LogP contribution in [0.3, 0.4) is 0 Å². The number of fused-ring (bicyclic) bond motifs is 1. The molecule has 1 aromatic carbocycles. The number of nitrogens with one attached hydrogen (secondary N) is 1. The lowest BCUT2D eigenvalue weighted by Gasteiger charge is -2.58. The van der Waals surface area contributed by atoms with E-state index in [0.717, 1.165) is 38.5 Å². The Hall–Kier alpha value is -2.52. The van der Waals surface area contributed by atoms with E-state index >= 15 is 8.78 Å². The molecule has 3 aromatic rings. The first-order chi connectivity index (χ1) is 17.2. The highest BCUT2D eigenvalue weighted by molar-refractivity contribution is 6.33. The molecular weight excluding hydrogens is 486 g/mol. The van der Waals surface area contributed by atoms with Gasteiger partial charge in [0.1, 0.15) is 34.7 Å². The molecule has 1 atom stereocenters. The van der Waals surface area contributed by atoms with Gasteiger partial charge in [0.25, 0.3) is 5.78 Å². The van der Waals surface area contributed by atoms with Crippen molar-refractivity contribution in [2.45, 2.75) is 70.1 Å². The molecule has 3 fully saturated rings. The van der Waals surface area contributed by atoms with Crippen LogP contribution in [0.5, 0.6) is 5.75 Å². The predicted molar refractivity (Wildman–Crippen MR) is 134 cm³/mol. The summed E-state index contributed by atoms with van der Waals surface area (Å²) in [4.78, 5) is 10.6. The standard InChI is InChI=1S/C26H31ClF2N6O/c1-14(15-5-4-6-15)32-24-22(23(27)33-25-30-13-31-35(24)25)21-19(28)7-17(8-20(21)29)36-18-11-26(12-18)9-16(10-26)34(2)3/h7-8,13-16,18,32H,4-6,9-12H2,1-3H3/t14-,16?,18?,26?/m1/s1. The van der Waals surface area contributed by atoms with Crippen molar-refractivity contribution in [2.75, 3.05) is 19.4 Å². The van der Waals surface area contributed by atoms with E-state index in [9.17, 15) is 0 Å². The van der Waals surface area contributed by atoms with Gasteiger partial charge in [0.15, 0.2) is 0 Å². The summed E-state index contributed by atoms with van der Waals surface area (Å²) in [6.07, 6.45) is 8.89. The van der Waals surface area contributed by atoms with Gasteiger partial charge in [-0.25, -0.2) is 8.78 Å². The summed E-state index contributed by atoms with van der Waals surface area (Å²) in [5.74, 6) is -0.187. The Bertz CT molecular complexity index is 1270. The molecule has 1 N–H and O–H groups in total. The molecule has 3 aliphatic carbocycles. The Morgan fingerprint density at radius 2 is 1.83 bits per heavy atom. The third-order valence-electron chi connectivity index (χ3n) is 8.56. The molecule has 0 radical (unpaired) electrons. The summed E-state index contributed by atoms with van der Waals surface area (Å²) in [7, 11) is 4.21. The molecule has 1 spiro atoms. The third kappa shape index (κ3) is 4.00. The summed E-state index contributed by atoms with van der Waals surface area (Å²) in [6, 6.07) is 3.18. The number of nitrogens with zero attached hydrogens (tertiary/aromatic N) is 5. The fourth-order valence-electron chi connectivity index (χ4n) is 6.12. The molecule has 36 heavy (non-hydrogen) atoms. The number of halogens is 3. The molecule has 192 valence electrons. The van der Waals surface area contributed by atoms with Crippen LogP contribution in [0.25, 0.3) is 16.9 Å². The lowest BCUT2D eigenvalue weighted by molar-refractivity contribution is -0.105. The summed E-state index contributed by atoms with van der Waals surface area (Å²) < 4.78 is 38.5. The van der Waals surface area contributed by atoms with Gasteiger partial charge in [-0.05, 0) is 70.9 Å². The maximum Gasteiger partial charge on any atom is 0.255 e. The van der Waals surface area contributed by atoms with E-state index in [2.05, 4.69) is 46.3 Å². The second-order valence-electron chi connectivity index (χ2n) is 11.2. The molecule has 2 aromatic heterocycles. The molecule has 0 aliphatic heterocycles. The number of rotatable bonds is 7. The first kappa shape index (κ1) is 23.9. The van der Waals surface area contributed by atoms with Crippen LogP contribution in [0.4, 0.5) is 14.6 Å². The Kier molecular flexibility index (Phi) is 5.83. The number of anilines is 1. The van der Waals surface area contributed by atoms with Crippen molar-refractivity contribution in [3.05, 3.63) is 35.2 Å². The van der Waals surface area contributed by atoms with E-state index in [-0.39, 0.29) is 40.0 Å². The summed E-state index contributed by atoms with van der Waals surface area (Å²) in [5, 5.41) is 7.60. The minimum absolute atomic E-state index is 0.0185. The van der Waals surface area contributed by atoms with Crippen molar-refractivity contribution in [3.8, 4) is 16.9 Å². The fourth-order valence-corrected chi connectivity index (χ4v) is 6.38. The number of hydrogen-bond acceptors (Lipinski definition) is 6. The molecular formula is C26H31ClF2N6O. The van der Waals surface area contributed by atoms with E-state index < -0.39 is 11.6 Å². The van der Waals surface area contributed by atoms with E-state index in [4.69, 9.17) is 16.3 Å².